The summed E-state index contributed by atoms with van der Waals surface area (Å²) < 4.78 is 29.6. The first-order chi connectivity index (χ1) is 17.7. The molecule has 2 aliphatic heterocycles. The Balaban J connectivity index is 1.24. The molecule has 202 valence electrons. The van der Waals surface area contributed by atoms with Crippen molar-refractivity contribution < 1.29 is 13.6 Å². The van der Waals surface area contributed by atoms with Crippen LogP contribution in [0.15, 0.2) is 30.3 Å². The summed E-state index contributed by atoms with van der Waals surface area (Å²) in [4.78, 5) is 15.8. The Morgan fingerprint density at radius 2 is 1.68 bits per heavy atom. The van der Waals surface area contributed by atoms with Crippen LogP contribution in [0.25, 0.3) is 0 Å². The van der Waals surface area contributed by atoms with Crippen molar-refractivity contribution in [2.45, 2.75) is 115 Å². The summed E-state index contributed by atoms with van der Waals surface area (Å²) in [5.41, 5.74) is 1.08. The fourth-order valence-electron chi connectivity index (χ4n) is 6.93. The molecule has 1 aliphatic carbocycles. The number of aromatic nitrogens is 3. The van der Waals surface area contributed by atoms with Crippen LogP contribution >= 0.6 is 0 Å². The summed E-state index contributed by atoms with van der Waals surface area (Å²) >= 11 is 0. The largest absolute Gasteiger partial charge is 0.349 e. The monoisotopic (exact) mass is 513 g/mol. The van der Waals surface area contributed by atoms with Crippen LogP contribution in [0.3, 0.4) is 0 Å². The van der Waals surface area contributed by atoms with Gasteiger partial charge in [0.15, 0.2) is 0 Å². The van der Waals surface area contributed by atoms with Gasteiger partial charge in [-0.05, 0) is 57.4 Å². The predicted molar refractivity (Wildman–Crippen MR) is 139 cm³/mol. The van der Waals surface area contributed by atoms with Gasteiger partial charge in [-0.15, -0.1) is 10.2 Å². The van der Waals surface area contributed by atoms with Gasteiger partial charge in [-0.25, -0.2) is 8.78 Å². The van der Waals surface area contributed by atoms with E-state index in [0.29, 0.717) is 24.0 Å². The van der Waals surface area contributed by atoms with Crippen molar-refractivity contribution in [3.8, 4) is 0 Å². The van der Waals surface area contributed by atoms with E-state index in [1.807, 2.05) is 18.2 Å². The van der Waals surface area contributed by atoms with E-state index in [2.05, 4.69) is 57.9 Å². The highest BCUT2D eigenvalue weighted by Crippen LogP contribution is 2.42. The van der Waals surface area contributed by atoms with Gasteiger partial charge in [0.2, 0.25) is 11.8 Å². The van der Waals surface area contributed by atoms with Crippen molar-refractivity contribution in [1.29, 1.82) is 0 Å². The number of halogens is 2. The quantitative estimate of drug-likeness (QED) is 0.474. The molecule has 3 heterocycles. The van der Waals surface area contributed by atoms with Gasteiger partial charge in [0.05, 0.1) is 6.04 Å². The number of piperidine rings is 1. The molecular weight excluding hydrogens is 472 g/mol. The number of benzene rings is 1. The van der Waals surface area contributed by atoms with Crippen molar-refractivity contribution in [1.82, 2.24) is 25.0 Å². The van der Waals surface area contributed by atoms with E-state index >= 15 is 0 Å². The maximum atomic E-state index is 13.6. The summed E-state index contributed by atoms with van der Waals surface area (Å²) in [6.45, 7) is 7.34. The topological polar surface area (TPSA) is 63.1 Å². The maximum Gasteiger partial charge on any atom is 0.248 e. The molecule has 1 aromatic carbocycles. The zero-order valence-electron chi connectivity index (χ0n) is 22.4. The van der Waals surface area contributed by atoms with Gasteiger partial charge in [0, 0.05) is 49.3 Å². The summed E-state index contributed by atoms with van der Waals surface area (Å²) in [6.07, 6.45) is 5.59. The molecule has 1 aromatic heterocycles. The Bertz CT molecular complexity index is 1050. The predicted octanol–water partition coefficient (Wildman–Crippen LogP) is 5.95. The normalized spacial score (nSPS) is 26.9. The van der Waals surface area contributed by atoms with Crippen molar-refractivity contribution in [3.63, 3.8) is 0 Å². The Morgan fingerprint density at radius 3 is 2.30 bits per heavy atom. The molecule has 1 N–H and O–H groups in total. The maximum absolute atomic E-state index is 13.6. The van der Waals surface area contributed by atoms with Gasteiger partial charge in [-0.1, -0.05) is 44.2 Å². The number of hydrogen-bond donors (Lipinski definition) is 1. The smallest absolute Gasteiger partial charge is 0.248 e. The molecule has 6 nitrogen and oxygen atoms in total. The molecule has 8 heteroatoms. The number of amides is 1. The third-order valence-corrected chi connectivity index (χ3v) is 8.92. The minimum absolute atomic E-state index is 0.0738. The van der Waals surface area contributed by atoms with E-state index in [9.17, 15) is 13.6 Å². The third-order valence-electron chi connectivity index (χ3n) is 8.92. The van der Waals surface area contributed by atoms with Crippen LogP contribution in [0.2, 0.25) is 0 Å². The van der Waals surface area contributed by atoms with Crippen molar-refractivity contribution in [2.24, 2.45) is 5.92 Å². The van der Waals surface area contributed by atoms with Gasteiger partial charge in [-0.2, -0.15) is 0 Å². The number of nitrogens with one attached hydrogen (secondary N) is 1. The van der Waals surface area contributed by atoms with E-state index in [-0.39, 0.29) is 43.6 Å². The second-order valence-corrected chi connectivity index (χ2v) is 11.8. The summed E-state index contributed by atoms with van der Waals surface area (Å²) in [5.74, 6) is -0.572. The Hall–Kier alpha value is -2.35. The number of fused-ring (bicyclic) bond motifs is 2. The van der Waals surface area contributed by atoms with Gasteiger partial charge < -0.3 is 9.88 Å². The minimum Gasteiger partial charge on any atom is -0.349 e. The number of rotatable bonds is 8. The third kappa shape index (κ3) is 5.74. The Labute approximate surface area is 219 Å². The lowest BCUT2D eigenvalue weighted by atomic mass is 9.86. The molecule has 37 heavy (non-hydrogen) atoms. The lowest BCUT2D eigenvalue weighted by molar-refractivity contribution is -0.130. The SMILES string of the molecule is Cc1nnc(C(C)C)n1C1C[C@H]2CC[C@H](C1)N2CC[C@H](NC(=O)C1CCC(F)(F)CC1)c1ccccc1. The number of aryl methyl sites for hydroxylation is 1. The Kier molecular flexibility index (Phi) is 7.66. The fourth-order valence-corrected chi connectivity index (χ4v) is 6.93. The van der Waals surface area contributed by atoms with Crippen molar-refractivity contribution >= 4 is 5.91 Å². The highest BCUT2D eigenvalue weighted by Gasteiger charge is 2.42. The zero-order valence-corrected chi connectivity index (χ0v) is 22.4. The molecule has 2 saturated heterocycles. The standard InChI is InChI=1S/C29H41F2N5O/c1-19(2)27-34-33-20(3)36(27)25-17-23-9-10-24(18-25)35(23)16-13-26(21-7-5-4-6-8-21)32-28(37)22-11-14-29(30,31)15-12-22/h4-8,19,22-26H,9-18H2,1-3H3,(H,32,37)/t23-,24-,26+/m1/s1. The molecule has 1 amide bonds. The average Bonchev–Trinajstić information content (AvgIpc) is 3.37. The van der Waals surface area contributed by atoms with Gasteiger partial charge in [0.25, 0.3) is 0 Å². The van der Waals surface area contributed by atoms with E-state index < -0.39 is 5.92 Å². The Morgan fingerprint density at radius 1 is 1.03 bits per heavy atom. The summed E-state index contributed by atoms with van der Waals surface area (Å²) in [6, 6.07) is 11.5. The molecule has 3 aliphatic rings. The molecule has 3 fully saturated rings. The van der Waals surface area contributed by atoms with E-state index in [1.165, 1.54) is 12.8 Å². The highest BCUT2D eigenvalue weighted by molar-refractivity contribution is 5.79. The van der Waals surface area contributed by atoms with Crippen LogP contribution < -0.4 is 5.32 Å². The molecule has 3 atom stereocenters. The minimum atomic E-state index is -2.62. The number of alkyl halides is 2. The molecule has 5 rings (SSSR count). The molecule has 0 spiro atoms. The second kappa shape index (κ2) is 10.8. The first-order valence-electron chi connectivity index (χ1n) is 14.1. The molecule has 2 aromatic rings. The molecule has 1 saturated carbocycles. The number of carbonyl (C=O) groups is 1. The molecule has 2 bridgehead atoms. The van der Waals surface area contributed by atoms with Gasteiger partial charge in [0.1, 0.15) is 11.6 Å². The van der Waals surface area contributed by atoms with Crippen LogP contribution in [-0.4, -0.2) is 50.1 Å². The van der Waals surface area contributed by atoms with E-state index in [4.69, 9.17) is 0 Å². The fraction of sp³-hybridized carbons (Fsp3) is 0.690. The summed E-state index contributed by atoms with van der Waals surface area (Å²) in [5, 5.41) is 12.1. The van der Waals surface area contributed by atoms with Crippen LogP contribution in [0.4, 0.5) is 8.78 Å². The summed E-state index contributed by atoms with van der Waals surface area (Å²) in [7, 11) is 0. The van der Waals surface area contributed by atoms with Crippen LogP contribution in [0.5, 0.6) is 0 Å². The van der Waals surface area contributed by atoms with E-state index in [0.717, 1.165) is 43.0 Å². The lowest BCUT2D eigenvalue weighted by Crippen LogP contribution is -2.45. The van der Waals surface area contributed by atoms with Crippen LogP contribution in [0.1, 0.15) is 107 Å². The zero-order chi connectivity index (χ0) is 26.2. The lowest BCUT2D eigenvalue weighted by Gasteiger charge is -2.40. The highest BCUT2D eigenvalue weighted by atomic mass is 19.3. The van der Waals surface area contributed by atoms with Crippen molar-refractivity contribution in [2.75, 3.05) is 6.54 Å². The number of carbonyl (C=O) groups excluding carboxylic acids is 1. The van der Waals surface area contributed by atoms with Gasteiger partial charge in [-0.3, -0.25) is 9.69 Å². The van der Waals surface area contributed by atoms with Gasteiger partial charge >= 0.3 is 0 Å². The average molecular weight is 514 g/mol. The van der Waals surface area contributed by atoms with Crippen LogP contribution in [0, 0.1) is 12.8 Å². The number of nitrogens with zero attached hydrogens (tertiary/aromatic N) is 4. The first-order valence-corrected chi connectivity index (χ1v) is 14.1. The van der Waals surface area contributed by atoms with E-state index in [1.54, 1.807) is 0 Å². The molecular formula is C29H41F2N5O. The van der Waals surface area contributed by atoms with Crippen LogP contribution in [-0.2, 0) is 4.79 Å². The first kappa shape index (κ1) is 26.3. The molecule has 0 unspecified atom stereocenters. The van der Waals surface area contributed by atoms with Crippen molar-refractivity contribution in [3.05, 3.63) is 47.5 Å². The molecule has 0 radical (unpaired) electrons. The second-order valence-electron chi connectivity index (χ2n) is 11.8. The number of hydrogen-bond acceptors (Lipinski definition) is 4.